The lowest BCUT2D eigenvalue weighted by molar-refractivity contribution is 0.567. The monoisotopic (exact) mass is 98.0 g/mol. The Morgan fingerprint density at radius 1 is 1.50 bits per heavy atom. The lowest BCUT2D eigenvalue weighted by Gasteiger charge is -1.75. The maximum atomic E-state index is 10.9. The number of hydrogen-bond donors (Lipinski definition) is 0. The van der Waals surface area contributed by atoms with Crippen molar-refractivity contribution in [3.63, 3.8) is 0 Å². The summed E-state index contributed by atoms with van der Waals surface area (Å²) in [5.74, 6) is 0. The van der Waals surface area contributed by atoms with E-state index in [-0.39, 0.29) is 0 Å². The minimum absolute atomic E-state index is 0.833. The average molecular weight is 98.0 g/mol. The highest BCUT2D eigenvalue weighted by atomic mass is 31.1. The summed E-state index contributed by atoms with van der Waals surface area (Å²) in [5, 5.41) is 0. The van der Waals surface area contributed by atoms with Gasteiger partial charge in [0.05, 0.1) is 0 Å². The van der Waals surface area contributed by atoms with Crippen molar-refractivity contribution < 1.29 is 4.39 Å². The molecule has 0 saturated carbocycles. The summed E-state index contributed by atoms with van der Waals surface area (Å²) in [7, 11) is 3.91. The van der Waals surface area contributed by atoms with E-state index in [2.05, 4.69) is 0 Å². The van der Waals surface area contributed by atoms with Crippen molar-refractivity contribution in [2.45, 2.75) is 5.65 Å². The first-order valence-electron chi connectivity index (χ1n) is 0.885. The molecule has 0 aliphatic heterocycles. The molecule has 2 unspecified atom stereocenters. The molecular weight excluding hydrogens is 93.0 g/mol. The van der Waals surface area contributed by atoms with Crippen molar-refractivity contribution in [3.8, 4) is 0 Å². The molecule has 0 aromatic carbocycles. The van der Waals surface area contributed by atoms with Gasteiger partial charge in [-0.25, -0.2) is 4.39 Å². The standard InChI is InChI=1S/CH5FP2/c2-1(3)4/h1H,3-4H2. The highest BCUT2D eigenvalue weighted by molar-refractivity contribution is 7.37. The molecule has 0 fully saturated rings. The van der Waals surface area contributed by atoms with Crippen molar-refractivity contribution in [1.82, 2.24) is 0 Å². The minimum atomic E-state index is -0.833. The van der Waals surface area contributed by atoms with E-state index in [9.17, 15) is 4.39 Å². The summed E-state index contributed by atoms with van der Waals surface area (Å²) in [6.07, 6.45) is 0. The fourth-order valence-corrected chi connectivity index (χ4v) is 0. The Bertz CT molecular complexity index is 10.8. The van der Waals surface area contributed by atoms with Crippen molar-refractivity contribution in [2.24, 2.45) is 0 Å². The molecule has 26 valence electrons. The van der Waals surface area contributed by atoms with Crippen LogP contribution in [0.1, 0.15) is 0 Å². The molecule has 0 rings (SSSR count). The SMILES string of the molecule is FC(P)P. The smallest absolute Gasteiger partial charge is 0.126 e. The van der Waals surface area contributed by atoms with Crippen LogP contribution in [0.15, 0.2) is 0 Å². The number of rotatable bonds is 0. The van der Waals surface area contributed by atoms with Crippen LogP contribution >= 0.6 is 18.5 Å². The summed E-state index contributed by atoms with van der Waals surface area (Å²) in [6.45, 7) is 0. The molecule has 0 nitrogen and oxygen atoms in total. The molecule has 0 saturated heterocycles. The second-order valence-corrected chi connectivity index (χ2v) is 2.49. The normalized spacial score (nSPS) is 9.00. The average Bonchev–Trinajstić information content (AvgIpc) is 0.811. The lowest BCUT2D eigenvalue weighted by Crippen LogP contribution is -1.54. The Morgan fingerprint density at radius 2 is 1.50 bits per heavy atom. The van der Waals surface area contributed by atoms with Crippen molar-refractivity contribution in [1.29, 1.82) is 0 Å². The number of alkyl halides is 1. The van der Waals surface area contributed by atoms with Gasteiger partial charge >= 0.3 is 0 Å². The molecule has 0 bridgehead atoms. The van der Waals surface area contributed by atoms with E-state index in [0.29, 0.717) is 0 Å². The number of hydrogen-bond acceptors (Lipinski definition) is 0. The number of halogens is 1. The zero-order valence-electron chi connectivity index (χ0n) is 2.11. The van der Waals surface area contributed by atoms with Crippen molar-refractivity contribution in [2.75, 3.05) is 0 Å². The molecule has 0 aliphatic rings. The molecule has 2 atom stereocenters. The highest BCUT2D eigenvalue weighted by Crippen LogP contribution is 2.07. The van der Waals surface area contributed by atoms with Gasteiger partial charge in [0, 0.05) is 0 Å². The van der Waals surface area contributed by atoms with E-state index < -0.39 is 5.65 Å². The van der Waals surface area contributed by atoms with Crippen LogP contribution in [0.25, 0.3) is 0 Å². The first kappa shape index (κ1) is 4.79. The fraction of sp³-hybridized carbons (Fsp3) is 1.00. The summed E-state index contributed by atoms with van der Waals surface area (Å²) in [5.41, 5.74) is -0.833. The first-order chi connectivity index (χ1) is 1.73. The van der Waals surface area contributed by atoms with Crippen LogP contribution in [0.3, 0.4) is 0 Å². The van der Waals surface area contributed by atoms with Crippen LogP contribution < -0.4 is 0 Å². The summed E-state index contributed by atoms with van der Waals surface area (Å²) in [4.78, 5) is 0. The molecular formula is CH5FP2. The van der Waals surface area contributed by atoms with Crippen LogP contribution in [-0.2, 0) is 0 Å². The molecule has 4 heavy (non-hydrogen) atoms. The second-order valence-electron chi connectivity index (χ2n) is 0.444. The van der Waals surface area contributed by atoms with Gasteiger partial charge in [0.15, 0.2) is 0 Å². The Labute approximate surface area is 29.6 Å². The van der Waals surface area contributed by atoms with Crippen LogP contribution in [0.2, 0.25) is 0 Å². The Morgan fingerprint density at radius 3 is 1.50 bits per heavy atom. The topological polar surface area (TPSA) is 0 Å². The molecule has 0 amide bonds. The predicted molar refractivity (Wildman–Crippen MR) is 24.3 cm³/mol. The van der Waals surface area contributed by atoms with E-state index in [1.165, 1.54) is 0 Å². The summed E-state index contributed by atoms with van der Waals surface area (Å²) >= 11 is 0. The maximum Gasteiger partial charge on any atom is 0.126 e. The van der Waals surface area contributed by atoms with Crippen molar-refractivity contribution >= 4 is 18.5 Å². The van der Waals surface area contributed by atoms with E-state index in [1.807, 2.05) is 18.5 Å². The van der Waals surface area contributed by atoms with E-state index >= 15 is 0 Å². The molecule has 0 heterocycles. The van der Waals surface area contributed by atoms with Crippen LogP contribution in [0.5, 0.6) is 0 Å². The van der Waals surface area contributed by atoms with Gasteiger partial charge in [-0.3, -0.25) is 0 Å². The molecule has 0 aliphatic carbocycles. The van der Waals surface area contributed by atoms with Gasteiger partial charge in [-0.1, -0.05) is 18.5 Å². The fourth-order valence-electron chi connectivity index (χ4n) is 0. The van der Waals surface area contributed by atoms with Gasteiger partial charge in [0.1, 0.15) is 5.65 Å². The Kier molecular flexibility index (Phi) is 2.46. The van der Waals surface area contributed by atoms with E-state index in [1.54, 1.807) is 0 Å². The molecule has 0 radical (unpaired) electrons. The third-order valence-electron chi connectivity index (χ3n) is 0. The van der Waals surface area contributed by atoms with Gasteiger partial charge in [-0.15, -0.1) is 0 Å². The van der Waals surface area contributed by atoms with Crippen LogP contribution in [0.4, 0.5) is 4.39 Å². The van der Waals surface area contributed by atoms with E-state index in [4.69, 9.17) is 0 Å². The first-order valence-corrected chi connectivity index (χ1v) is 2.22. The Hall–Kier alpha value is 0.790. The van der Waals surface area contributed by atoms with Gasteiger partial charge in [-0.2, -0.15) is 0 Å². The molecule has 3 heteroatoms. The molecule has 0 aromatic rings. The third kappa shape index (κ3) is 14.3. The van der Waals surface area contributed by atoms with Crippen LogP contribution in [-0.4, -0.2) is 5.65 Å². The second kappa shape index (κ2) is 2.05. The van der Waals surface area contributed by atoms with Gasteiger partial charge in [-0.05, 0) is 0 Å². The molecule has 0 aromatic heterocycles. The maximum absolute atomic E-state index is 10.9. The lowest BCUT2D eigenvalue weighted by atomic mass is 11.8. The van der Waals surface area contributed by atoms with Crippen molar-refractivity contribution in [3.05, 3.63) is 0 Å². The zero-order valence-corrected chi connectivity index (χ0v) is 4.42. The van der Waals surface area contributed by atoms with Gasteiger partial charge < -0.3 is 0 Å². The minimum Gasteiger partial charge on any atom is -0.239 e. The Balaban J connectivity index is 2.32. The summed E-state index contributed by atoms with van der Waals surface area (Å²) in [6, 6.07) is 0. The van der Waals surface area contributed by atoms with Crippen LogP contribution in [0, 0.1) is 0 Å². The largest absolute Gasteiger partial charge is 0.239 e. The van der Waals surface area contributed by atoms with Gasteiger partial charge in [0.2, 0.25) is 0 Å². The molecule has 0 N–H and O–H groups in total. The van der Waals surface area contributed by atoms with E-state index in [0.717, 1.165) is 0 Å². The third-order valence-corrected chi connectivity index (χ3v) is 0. The highest BCUT2D eigenvalue weighted by Gasteiger charge is 1.73. The quantitative estimate of drug-likeness (QED) is 0.396. The van der Waals surface area contributed by atoms with Gasteiger partial charge in [0.25, 0.3) is 0 Å². The zero-order chi connectivity index (χ0) is 3.58. The summed E-state index contributed by atoms with van der Waals surface area (Å²) < 4.78 is 10.9. The molecule has 0 spiro atoms. The predicted octanol–water partition coefficient (Wildman–Crippen LogP) is 0.990.